The molecular weight excluding hydrogens is 535 g/mol. The van der Waals surface area contributed by atoms with Crippen molar-refractivity contribution < 1.29 is 13.9 Å². The largest absolute Gasteiger partial charge is 0.489 e. The van der Waals surface area contributed by atoms with E-state index in [1.807, 2.05) is 6.07 Å². The summed E-state index contributed by atoms with van der Waals surface area (Å²) in [4.78, 5) is 20.1. The van der Waals surface area contributed by atoms with E-state index in [9.17, 15) is 0 Å². The molecule has 0 radical (unpaired) electrons. The van der Waals surface area contributed by atoms with E-state index >= 15 is 4.39 Å². The van der Waals surface area contributed by atoms with Crippen LogP contribution in [0.5, 0.6) is 17.2 Å². The third kappa shape index (κ3) is 5.29. The smallest absolute Gasteiger partial charge is 0.172 e. The third-order valence-corrected chi connectivity index (χ3v) is 6.99. The van der Waals surface area contributed by atoms with Gasteiger partial charge in [-0.1, -0.05) is 38.3 Å². The van der Waals surface area contributed by atoms with Crippen LogP contribution in [0.15, 0.2) is 49.2 Å². The molecule has 206 valence electrons. The number of nitrogens with one attached hydrogen (secondary N) is 1. The second kappa shape index (κ2) is 11.1. The van der Waals surface area contributed by atoms with Crippen LogP contribution in [0.2, 0.25) is 5.02 Å². The summed E-state index contributed by atoms with van der Waals surface area (Å²) >= 11 is 6.50. The van der Waals surface area contributed by atoms with E-state index in [1.165, 1.54) is 24.8 Å². The van der Waals surface area contributed by atoms with Crippen LogP contribution in [0.4, 0.5) is 21.7 Å². The lowest BCUT2D eigenvalue weighted by atomic mass is 10.1. The first kappa shape index (κ1) is 26.0. The molecule has 12 heteroatoms. The summed E-state index contributed by atoms with van der Waals surface area (Å²) in [5, 5.41) is 7.33. The lowest BCUT2D eigenvalue weighted by Gasteiger charge is -2.24. The van der Waals surface area contributed by atoms with Crippen molar-refractivity contribution in [3.05, 3.63) is 60.0 Å². The lowest BCUT2D eigenvalue weighted by molar-refractivity contribution is 0.273. The Morgan fingerprint density at radius 3 is 2.92 bits per heavy atom. The van der Waals surface area contributed by atoms with Gasteiger partial charge >= 0.3 is 0 Å². The zero-order chi connectivity index (χ0) is 27.6. The fraction of sp³-hybridized carbons (Fsp3) is 0.321. The van der Waals surface area contributed by atoms with Crippen LogP contribution in [0.25, 0.3) is 16.7 Å². The van der Waals surface area contributed by atoms with Crippen LogP contribution >= 0.6 is 11.6 Å². The SMILES string of the molecule is CCCCCN1CC(C)COc2cc3ncnc(Nc4cc(Cl)c(Oc5ccn6ncnc6c5)cc4F)c3nc21. The maximum absolute atomic E-state index is 15.3. The van der Waals surface area contributed by atoms with E-state index in [0.29, 0.717) is 46.5 Å². The Morgan fingerprint density at radius 2 is 2.05 bits per heavy atom. The van der Waals surface area contributed by atoms with Gasteiger partial charge in [-0.3, -0.25) is 0 Å². The molecule has 6 rings (SSSR count). The summed E-state index contributed by atoms with van der Waals surface area (Å²) in [5.74, 6) is 2.20. The zero-order valence-electron chi connectivity index (χ0n) is 22.1. The summed E-state index contributed by atoms with van der Waals surface area (Å²) in [6.07, 6.45) is 7.88. The number of unbranched alkanes of at least 4 members (excludes halogenated alkanes) is 2. The molecule has 1 aliphatic rings. The van der Waals surface area contributed by atoms with Crippen LogP contribution < -0.4 is 19.7 Å². The first-order valence-corrected chi connectivity index (χ1v) is 13.6. The normalized spacial score (nSPS) is 15.1. The summed E-state index contributed by atoms with van der Waals surface area (Å²) in [6.45, 7) is 6.66. The minimum atomic E-state index is -0.567. The number of halogens is 2. The first-order chi connectivity index (χ1) is 19.5. The highest BCUT2D eigenvalue weighted by atomic mass is 35.5. The Hall–Kier alpha value is -4.25. The molecule has 10 nitrogen and oxygen atoms in total. The number of benzene rings is 1. The van der Waals surface area contributed by atoms with Gasteiger partial charge in [0.1, 0.15) is 35.5 Å². The van der Waals surface area contributed by atoms with Crippen LogP contribution in [0, 0.1) is 11.7 Å². The van der Waals surface area contributed by atoms with Gasteiger partial charge in [-0.2, -0.15) is 5.10 Å². The molecule has 5 aromatic rings. The fourth-order valence-electron chi connectivity index (χ4n) is 4.70. The molecule has 0 amide bonds. The number of pyridine rings is 2. The van der Waals surface area contributed by atoms with Crippen LogP contribution in [0.3, 0.4) is 0 Å². The van der Waals surface area contributed by atoms with Gasteiger partial charge < -0.3 is 19.7 Å². The number of hydrogen-bond donors (Lipinski definition) is 1. The van der Waals surface area contributed by atoms with Gasteiger partial charge in [0, 0.05) is 43.4 Å². The average molecular weight is 563 g/mol. The highest BCUT2D eigenvalue weighted by Gasteiger charge is 2.24. The molecule has 1 atom stereocenters. The van der Waals surface area contributed by atoms with E-state index in [0.717, 1.165) is 38.2 Å². The minimum absolute atomic E-state index is 0.131. The average Bonchev–Trinajstić information content (AvgIpc) is 3.36. The number of rotatable bonds is 8. The monoisotopic (exact) mass is 562 g/mol. The molecular formula is C28H28ClFN8O2. The molecule has 0 fully saturated rings. The molecule has 1 unspecified atom stereocenters. The molecule has 1 N–H and O–H groups in total. The van der Waals surface area contributed by atoms with Gasteiger partial charge in [0.05, 0.1) is 22.8 Å². The Morgan fingerprint density at radius 1 is 1.15 bits per heavy atom. The van der Waals surface area contributed by atoms with E-state index in [-0.39, 0.29) is 16.5 Å². The van der Waals surface area contributed by atoms with Crippen molar-refractivity contribution in [3.8, 4) is 17.2 Å². The second-order valence-corrected chi connectivity index (χ2v) is 10.3. The molecule has 0 bridgehead atoms. The summed E-state index contributed by atoms with van der Waals surface area (Å²) in [7, 11) is 0. The van der Waals surface area contributed by atoms with Crippen molar-refractivity contribution in [1.29, 1.82) is 0 Å². The molecule has 0 spiro atoms. The molecule has 5 heterocycles. The standard InChI is InChI=1S/C28H28ClFN8O2/c1-3-4-5-7-37-13-17(2)14-39-24-12-22-26(36-28(24)37)27(33-15-31-22)35-21-10-19(29)23(11-20(21)30)40-18-6-8-38-25(9-18)32-16-34-38/h6,8-12,15-17H,3-5,7,13-14H2,1-2H3,(H,31,33,35). The Balaban J connectivity index is 1.30. The molecule has 1 aromatic carbocycles. The Labute approximate surface area is 235 Å². The van der Waals surface area contributed by atoms with Gasteiger partial charge in [-0.25, -0.2) is 28.8 Å². The number of aromatic nitrogens is 6. The Bertz CT molecular complexity index is 1680. The van der Waals surface area contributed by atoms with E-state index in [4.69, 9.17) is 26.1 Å². The minimum Gasteiger partial charge on any atom is -0.489 e. The van der Waals surface area contributed by atoms with Gasteiger partial charge in [-0.05, 0) is 18.6 Å². The summed E-state index contributed by atoms with van der Waals surface area (Å²) < 4.78 is 28.8. The number of ether oxygens (including phenoxy) is 2. The maximum Gasteiger partial charge on any atom is 0.172 e. The van der Waals surface area contributed by atoms with Crippen LogP contribution in [0.1, 0.15) is 33.1 Å². The quantitative estimate of drug-likeness (QED) is 0.214. The van der Waals surface area contributed by atoms with Crippen LogP contribution in [-0.2, 0) is 0 Å². The van der Waals surface area contributed by atoms with E-state index < -0.39 is 5.82 Å². The number of fused-ring (bicyclic) bond motifs is 3. The van der Waals surface area contributed by atoms with Crippen molar-refractivity contribution >= 4 is 45.6 Å². The highest BCUT2D eigenvalue weighted by Crippen LogP contribution is 2.37. The van der Waals surface area contributed by atoms with E-state index in [1.54, 1.807) is 22.8 Å². The van der Waals surface area contributed by atoms with Crippen molar-refractivity contribution in [1.82, 2.24) is 29.5 Å². The van der Waals surface area contributed by atoms with Gasteiger partial charge in [-0.15, -0.1) is 0 Å². The van der Waals surface area contributed by atoms with Crippen molar-refractivity contribution in [2.45, 2.75) is 33.1 Å². The van der Waals surface area contributed by atoms with Gasteiger partial charge in [0.15, 0.2) is 23.0 Å². The maximum atomic E-state index is 15.3. The van der Waals surface area contributed by atoms with Gasteiger partial charge in [0.2, 0.25) is 0 Å². The Kier molecular flexibility index (Phi) is 7.21. The molecule has 1 aliphatic heterocycles. The summed E-state index contributed by atoms with van der Waals surface area (Å²) in [6, 6.07) is 7.94. The topological polar surface area (TPSA) is 103 Å². The molecule has 4 aromatic heterocycles. The molecule has 0 saturated heterocycles. The van der Waals surface area contributed by atoms with E-state index in [2.05, 4.69) is 44.1 Å². The predicted octanol–water partition coefficient (Wildman–Crippen LogP) is 6.42. The third-order valence-electron chi connectivity index (χ3n) is 6.70. The van der Waals surface area contributed by atoms with Crippen LogP contribution in [-0.4, -0.2) is 49.2 Å². The van der Waals surface area contributed by atoms with Crippen molar-refractivity contribution in [2.24, 2.45) is 5.92 Å². The predicted molar refractivity (Wildman–Crippen MR) is 151 cm³/mol. The second-order valence-electron chi connectivity index (χ2n) is 9.88. The number of nitrogens with zero attached hydrogens (tertiary/aromatic N) is 7. The lowest BCUT2D eigenvalue weighted by Crippen LogP contribution is -2.30. The first-order valence-electron chi connectivity index (χ1n) is 13.3. The zero-order valence-corrected chi connectivity index (χ0v) is 22.9. The van der Waals surface area contributed by atoms with Crippen molar-refractivity contribution in [2.75, 3.05) is 29.9 Å². The number of anilines is 3. The highest BCUT2D eigenvalue weighted by molar-refractivity contribution is 6.32. The fourth-order valence-corrected chi connectivity index (χ4v) is 4.90. The molecule has 40 heavy (non-hydrogen) atoms. The summed E-state index contributed by atoms with van der Waals surface area (Å²) in [5.41, 5.74) is 1.83. The number of hydrogen-bond acceptors (Lipinski definition) is 9. The molecule has 0 saturated carbocycles. The van der Waals surface area contributed by atoms with Crippen molar-refractivity contribution in [3.63, 3.8) is 0 Å². The molecule has 0 aliphatic carbocycles. The van der Waals surface area contributed by atoms with Gasteiger partial charge in [0.25, 0.3) is 0 Å².